The quantitative estimate of drug-likeness (QED) is 0.795. The lowest BCUT2D eigenvalue weighted by Crippen LogP contribution is -2.36. The average Bonchev–Trinajstić information content (AvgIpc) is 2.57. The molecule has 2 aromatic carbocycles. The molecule has 2 N–H and O–H groups in total. The minimum absolute atomic E-state index is 0.290. The van der Waals surface area contributed by atoms with Crippen molar-refractivity contribution in [1.82, 2.24) is 5.32 Å². The molecule has 0 fully saturated rings. The monoisotopic (exact) mass is 362 g/mol. The van der Waals surface area contributed by atoms with Crippen LogP contribution in [0.25, 0.3) is 6.08 Å². The van der Waals surface area contributed by atoms with E-state index in [1.165, 1.54) is 12.1 Å². The highest BCUT2D eigenvalue weighted by atomic mass is 19.4. The van der Waals surface area contributed by atoms with Gasteiger partial charge in [-0.05, 0) is 36.3 Å². The zero-order chi connectivity index (χ0) is 19.2. The van der Waals surface area contributed by atoms with Crippen LogP contribution in [-0.2, 0) is 16.1 Å². The number of amides is 2. The SMILES string of the molecule is Cc1cccc(/C=C/C(=O)Nc2cccc(CNC(=O)C(F)(F)F)c2)c1. The van der Waals surface area contributed by atoms with E-state index in [0.717, 1.165) is 11.1 Å². The van der Waals surface area contributed by atoms with Crippen LogP contribution in [0.1, 0.15) is 16.7 Å². The molecule has 0 spiro atoms. The highest BCUT2D eigenvalue weighted by Gasteiger charge is 2.38. The number of alkyl halides is 3. The molecule has 0 saturated carbocycles. The summed E-state index contributed by atoms with van der Waals surface area (Å²) in [5, 5.41) is 4.41. The van der Waals surface area contributed by atoms with E-state index in [0.29, 0.717) is 11.3 Å². The van der Waals surface area contributed by atoms with E-state index in [9.17, 15) is 22.8 Å². The maximum Gasteiger partial charge on any atom is 0.471 e. The maximum absolute atomic E-state index is 12.2. The van der Waals surface area contributed by atoms with E-state index < -0.39 is 12.1 Å². The van der Waals surface area contributed by atoms with Crippen LogP contribution >= 0.6 is 0 Å². The highest BCUT2D eigenvalue weighted by Crippen LogP contribution is 2.15. The Morgan fingerprint density at radius 2 is 1.81 bits per heavy atom. The number of carbonyl (C=O) groups excluding carboxylic acids is 2. The zero-order valence-electron chi connectivity index (χ0n) is 13.9. The van der Waals surface area contributed by atoms with Gasteiger partial charge in [0, 0.05) is 18.3 Å². The van der Waals surface area contributed by atoms with Crippen molar-refractivity contribution in [2.45, 2.75) is 19.6 Å². The van der Waals surface area contributed by atoms with Gasteiger partial charge in [-0.3, -0.25) is 9.59 Å². The van der Waals surface area contributed by atoms with Gasteiger partial charge < -0.3 is 10.6 Å². The topological polar surface area (TPSA) is 58.2 Å². The number of hydrogen-bond donors (Lipinski definition) is 2. The molecule has 7 heteroatoms. The predicted molar refractivity (Wildman–Crippen MR) is 93.2 cm³/mol. The van der Waals surface area contributed by atoms with Crippen molar-refractivity contribution in [3.05, 3.63) is 71.3 Å². The standard InChI is InChI=1S/C19H17F3N2O2/c1-13-4-2-5-14(10-13)8-9-17(25)24-16-7-3-6-15(11-16)12-23-18(26)19(20,21)22/h2-11H,12H2,1H3,(H,23,26)(H,24,25)/b9-8+. The largest absolute Gasteiger partial charge is 0.471 e. The van der Waals surface area contributed by atoms with Gasteiger partial charge >= 0.3 is 12.1 Å². The van der Waals surface area contributed by atoms with Crippen LogP contribution in [0.3, 0.4) is 0 Å². The Labute approximate surface area is 148 Å². The second-order valence-corrected chi connectivity index (χ2v) is 5.62. The lowest BCUT2D eigenvalue weighted by molar-refractivity contribution is -0.173. The Morgan fingerprint density at radius 1 is 1.08 bits per heavy atom. The van der Waals surface area contributed by atoms with E-state index in [1.54, 1.807) is 29.6 Å². The maximum atomic E-state index is 12.2. The number of rotatable bonds is 5. The Balaban J connectivity index is 1.95. The Morgan fingerprint density at radius 3 is 2.50 bits per heavy atom. The summed E-state index contributed by atoms with van der Waals surface area (Å²) >= 11 is 0. The Bertz CT molecular complexity index is 830. The van der Waals surface area contributed by atoms with Gasteiger partial charge in [-0.1, -0.05) is 42.0 Å². The molecular formula is C19H17F3N2O2. The highest BCUT2D eigenvalue weighted by molar-refractivity contribution is 6.01. The van der Waals surface area contributed by atoms with Gasteiger partial charge in [0.15, 0.2) is 0 Å². The molecule has 0 saturated heterocycles. The van der Waals surface area contributed by atoms with Gasteiger partial charge in [0.2, 0.25) is 5.91 Å². The first-order valence-corrected chi connectivity index (χ1v) is 7.74. The lowest BCUT2D eigenvalue weighted by Gasteiger charge is -2.09. The van der Waals surface area contributed by atoms with Crippen molar-refractivity contribution in [2.24, 2.45) is 0 Å². The summed E-state index contributed by atoms with van der Waals surface area (Å²) in [5.74, 6) is -2.38. The van der Waals surface area contributed by atoms with Crippen molar-refractivity contribution in [1.29, 1.82) is 0 Å². The van der Waals surface area contributed by atoms with Gasteiger partial charge in [-0.15, -0.1) is 0 Å². The van der Waals surface area contributed by atoms with Gasteiger partial charge in [0.05, 0.1) is 0 Å². The summed E-state index contributed by atoms with van der Waals surface area (Å²) in [6, 6.07) is 13.8. The van der Waals surface area contributed by atoms with Crippen molar-refractivity contribution in [3.63, 3.8) is 0 Å². The van der Waals surface area contributed by atoms with Gasteiger partial charge in [-0.25, -0.2) is 0 Å². The van der Waals surface area contributed by atoms with Crippen molar-refractivity contribution < 1.29 is 22.8 Å². The molecule has 0 aliphatic heterocycles. The Hall–Kier alpha value is -3.09. The predicted octanol–water partition coefficient (Wildman–Crippen LogP) is 3.83. The minimum Gasteiger partial charge on any atom is -0.344 e. The number of aryl methyl sites for hydroxylation is 1. The second kappa shape index (κ2) is 8.33. The number of benzene rings is 2. The fourth-order valence-corrected chi connectivity index (χ4v) is 2.17. The molecule has 26 heavy (non-hydrogen) atoms. The van der Waals surface area contributed by atoms with Gasteiger partial charge in [-0.2, -0.15) is 13.2 Å². The van der Waals surface area contributed by atoms with Crippen molar-refractivity contribution in [3.8, 4) is 0 Å². The summed E-state index contributed by atoms with van der Waals surface area (Å²) in [6.45, 7) is 1.65. The normalized spacial score (nSPS) is 11.4. The summed E-state index contributed by atoms with van der Waals surface area (Å²) in [6.07, 6.45) is -1.89. The average molecular weight is 362 g/mol. The van der Waals surface area contributed by atoms with Crippen LogP contribution in [0.15, 0.2) is 54.6 Å². The lowest BCUT2D eigenvalue weighted by atomic mass is 10.1. The molecule has 0 unspecified atom stereocenters. The molecule has 0 aromatic heterocycles. The second-order valence-electron chi connectivity index (χ2n) is 5.62. The molecule has 0 bridgehead atoms. The van der Waals surface area contributed by atoms with Crippen LogP contribution < -0.4 is 10.6 Å². The number of halogens is 3. The van der Waals surface area contributed by atoms with Gasteiger partial charge in [0.25, 0.3) is 0 Å². The van der Waals surface area contributed by atoms with E-state index in [2.05, 4.69) is 5.32 Å². The third-order valence-electron chi connectivity index (χ3n) is 3.37. The molecule has 2 aromatic rings. The van der Waals surface area contributed by atoms with E-state index in [-0.39, 0.29) is 12.5 Å². The summed E-state index contributed by atoms with van der Waals surface area (Å²) in [4.78, 5) is 22.8. The molecule has 0 aliphatic carbocycles. The number of carbonyl (C=O) groups is 2. The summed E-state index contributed by atoms with van der Waals surface area (Å²) < 4.78 is 36.5. The molecule has 2 amide bonds. The fraction of sp³-hybridized carbons (Fsp3) is 0.158. The fourth-order valence-electron chi connectivity index (χ4n) is 2.17. The third kappa shape index (κ3) is 6.08. The summed E-state index contributed by atoms with van der Waals surface area (Å²) in [7, 11) is 0. The van der Waals surface area contributed by atoms with Crippen LogP contribution in [0.5, 0.6) is 0 Å². The number of anilines is 1. The smallest absolute Gasteiger partial charge is 0.344 e. The van der Waals surface area contributed by atoms with Crippen LogP contribution in [0, 0.1) is 6.92 Å². The molecule has 0 aliphatic rings. The van der Waals surface area contributed by atoms with Crippen LogP contribution in [0.2, 0.25) is 0 Å². The molecule has 4 nitrogen and oxygen atoms in total. The van der Waals surface area contributed by atoms with Crippen molar-refractivity contribution >= 4 is 23.6 Å². The molecule has 0 heterocycles. The third-order valence-corrected chi connectivity index (χ3v) is 3.37. The molecular weight excluding hydrogens is 345 g/mol. The Kier molecular flexibility index (Phi) is 6.16. The zero-order valence-corrected chi connectivity index (χ0v) is 13.9. The van der Waals surface area contributed by atoms with E-state index in [4.69, 9.17) is 0 Å². The summed E-state index contributed by atoms with van der Waals surface area (Å²) in [5.41, 5.74) is 2.80. The first-order chi connectivity index (χ1) is 12.2. The number of nitrogens with one attached hydrogen (secondary N) is 2. The molecule has 0 radical (unpaired) electrons. The van der Waals surface area contributed by atoms with Gasteiger partial charge in [0.1, 0.15) is 0 Å². The first-order valence-electron chi connectivity index (χ1n) is 7.74. The van der Waals surface area contributed by atoms with Crippen LogP contribution in [-0.4, -0.2) is 18.0 Å². The van der Waals surface area contributed by atoms with E-state index in [1.807, 2.05) is 31.2 Å². The minimum atomic E-state index is -4.92. The molecule has 2 rings (SSSR count). The van der Waals surface area contributed by atoms with Crippen LogP contribution in [0.4, 0.5) is 18.9 Å². The molecule has 0 atom stereocenters. The van der Waals surface area contributed by atoms with Crippen molar-refractivity contribution in [2.75, 3.05) is 5.32 Å². The first kappa shape index (κ1) is 19.2. The number of hydrogen-bond acceptors (Lipinski definition) is 2. The van der Waals surface area contributed by atoms with E-state index >= 15 is 0 Å². The molecule has 136 valence electrons.